The van der Waals surface area contributed by atoms with Crippen LogP contribution in [0, 0.1) is 0 Å². The number of aromatic nitrogens is 2. The molecule has 0 aliphatic carbocycles. The molecule has 0 aliphatic heterocycles. The van der Waals surface area contributed by atoms with Crippen molar-refractivity contribution >= 4 is 0 Å². The maximum Gasteiger partial charge on any atom is 0.0808 e. The van der Waals surface area contributed by atoms with E-state index in [0.29, 0.717) is 6.42 Å². The van der Waals surface area contributed by atoms with E-state index >= 15 is 0 Å². The average Bonchev–Trinajstić information content (AvgIpc) is 3.05. The molecule has 3 aromatic rings. The summed E-state index contributed by atoms with van der Waals surface area (Å²) in [6, 6.07) is 18.0. The highest BCUT2D eigenvalue weighted by Gasteiger charge is 2.12. The summed E-state index contributed by atoms with van der Waals surface area (Å²) in [5, 5.41) is 14.6. The Labute approximate surface area is 124 Å². The van der Waals surface area contributed by atoms with Crippen LogP contribution in [0.15, 0.2) is 67.0 Å². The normalized spacial score (nSPS) is 12.3. The van der Waals surface area contributed by atoms with Gasteiger partial charge in [-0.2, -0.15) is 5.10 Å². The molecule has 0 radical (unpaired) electrons. The number of para-hydroxylation sites is 1. The van der Waals surface area contributed by atoms with Gasteiger partial charge < -0.3 is 5.11 Å². The van der Waals surface area contributed by atoms with Crippen molar-refractivity contribution in [2.24, 2.45) is 0 Å². The molecule has 3 nitrogen and oxygen atoms in total. The molecule has 0 amide bonds. The van der Waals surface area contributed by atoms with E-state index in [9.17, 15) is 5.11 Å². The van der Waals surface area contributed by atoms with Gasteiger partial charge in [0.1, 0.15) is 0 Å². The van der Waals surface area contributed by atoms with Crippen molar-refractivity contribution in [2.45, 2.75) is 19.4 Å². The van der Waals surface area contributed by atoms with Crippen LogP contribution in [-0.2, 0) is 0 Å². The fourth-order valence-corrected chi connectivity index (χ4v) is 2.43. The van der Waals surface area contributed by atoms with E-state index in [-0.39, 0.29) is 0 Å². The zero-order valence-electron chi connectivity index (χ0n) is 12.0. The first-order valence-electron chi connectivity index (χ1n) is 7.17. The van der Waals surface area contributed by atoms with E-state index in [1.807, 2.05) is 66.5 Å². The molecular weight excluding hydrogens is 260 g/mol. The molecule has 0 spiro atoms. The standard InChI is InChI=1S/C18H18N2O/c1-2-18(21)16-10-6-7-11-17(16)20-13-15(12-19-20)14-8-4-3-5-9-14/h3-13,18,21H,2H2,1H3/t18-/m0/s1. The highest BCUT2D eigenvalue weighted by atomic mass is 16.3. The largest absolute Gasteiger partial charge is 0.388 e. The second-order valence-corrected chi connectivity index (χ2v) is 5.02. The summed E-state index contributed by atoms with van der Waals surface area (Å²) in [6.07, 6.45) is 4.07. The van der Waals surface area contributed by atoms with Gasteiger partial charge in [0, 0.05) is 17.3 Å². The lowest BCUT2D eigenvalue weighted by Gasteiger charge is -2.13. The summed E-state index contributed by atoms with van der Waals surface area (Å²) >= 11 is 0. The molecule has 3 heteroatoms. The van der Waals surface area contributed by atoms with Gasteiger partial charge >= 0.3 is 0 Å². The van der Waals surface area contributed by atoms with Gasteiger partial charge in [0.05, 0.1) is 18.0 Å². The fraction of sp³-hybridized carbons (Fsp3) is 0.167. The molecule has 0 saturated carbocycles. The van der Waals surface area contributed by atoms with Gasteiger partial charge in [0.25, 0.3) is 0 Å². The van der Waals surface area contributed by atoms with Gasteiger partial charge in [-0.3, -0.25) is 0 Å². The molecule has 0 aliphatic rings. The molecule has 0 unspecified atom stereocenters. The van der Waals surface area contributed by atoms with Gasteiger partial charge in [-0.1, -0.05) is 55.5 Å². The lowest BCUT2D eigenvalue weighted by molar-refractivity contribution is 0.173. The highest BCUT2D eigenvalue weighted by Crippen LogP contribution is 2.25. The highest BCUT2D eigenvalue weighted by molar-refractivity contribution is 5.62. The van der Waals surface area contributed by atoms with E-state index in [0.717, 1.165) is 22.4 Å². The molecule has 21 heavy (non-hydrogen) atoms. The van der Waals surface area contributed by atoms with Crippen LogP contribution in [0.25, 0.3) is 16.8 Å². The third kappa shape index (κ3) is 2.73. The molecule has 1 heterocycles. The summed E-state index contributed by atoms with van der Waals surface area (Å²) < 4.78 is 1.83. The first-order valence-corrected chi connectivity index (χ1v) is 7.17. The van der Waals surface area contributed by atoms with Crippen LogP contribution in [0.2, 0.25) is 0 Å². The average molecular weight is 278 g/mol. The number of benzene rings is 2. The fourth-order valence-electron chi connectivity index (χ4n) is 2.43. The molecule has 1 atom stereocenters. The van der Waals surface area contributed by atoms with Crippen LogP contribution in [0.4, 0.5) is 0 Å². The minimum absolute atomic E-state index is 0.467. The summed E-state index contributed by atoms with van der Waals surface area (Å²) in [5.41, 5.74) is 4.03. The first kappa shape index (κ1) is 13.6. The molecule has 106 valence electrons. The van der Waals surface area contributed by atoms with Crippen molar-refractivity contribution in [3.05, 3.63) is 72.6 Å². The predicted octanol–water partition coefficient (Wildman–Crippen LogP) is 3.98. The number of aliphatic hydroxyl groups excluding tert-OH is 1. The predicted molar refractivity (Wildman–Crippen MR) is 84.3 cm³/mol. The van der Waals surface area contributed by atoms with E-state index in [1.54, 1.807) is 0 Å². The van der Waals surface area contributed by atoms with Crippen LogP contribution in [0.3, 0.4) is 0 Å². The number of nitrogens with zero attached hydrogens (tertiary/aromatic N) is 2. The van der Waals surface area contributed by atoms with Crippen molar-refractivity contribution in [2.75, 3.05) is 0 Å². The number of hydrogen-bond donors (Lipinski definition) is 1. The minimum atomic E-state index is -0.467. The Morgan fingerprint density at radius 1 is 1.00 bits per heavy atom. The number of rotatable bonds is 4. The second-order valence-electron chi connectivity index (χ2n) is 5.02. The lowest BCUT2D eigenvalue weighted by Crippen LogP contribution is -2.04. The molecule has 0 saturated heterocycles. The second kappa shape index (κ2) is 5.94. The third-order valence-corrected chi connectivity index (χ3v) is 3.62. The number of aliphatic hydroxyl groups is 1. The van der Waals surface area contributed by atoms with Crippen molar-refractivity contribution in [3.8, 4) is 16.8 Å². The summed E-state index contributed by atoms with van der Waals surface area (Å²) in [5.74, 6) is 0. The van der Waals surface area contributed by atoms with Crippen LogP contribution in [-0.4, -0.2) is 14.9 Å². The Kier molecular flexibility index (Phi) is 3.84. The molecule has 0 bridgehead atoms. The summed E-state index contributed by atoms with van der Waals surface area (Å²) in [7, 11) is 0. The van der Waals surface area contributed by atoms with Crippen LogP contribution < -0.4 is 0 Å². The van der Waals surface area contributed by atoms with E-state index in [4.69, 9.17) is 0 Å². The Morgan fingerprint density at radius 2 is 1.71 bits per heavy atom. The maximum atomic E-state index is 10.2. The topological polar surface area (TPSA) is 38.0 Å². The van der Waals surface area contributed by atoms with Gasteiger partial charge in [-0.15, -0.1) is 0 Å². The van der Waals surface area contributed by atoms with Crippen molar-refractivity contribution < 1.29 is 5.11 Å². The number of hydrogen-bond acceptors (Lipinski definition) is 2. The maximum absolute atomic E-state index is 10.2. The summed E-state index contributed by atoms with van der Waals surface area (Å²) in [4.78, 5) is 0. The minimum Gasteiger partial charge on any atom is -0.388 e. The molecule has 0 fully saturated rings. The third-order valence-electron chi connectivity index (χ3n) is 3.62. The van der Waals surface area contributed by atoms with Crippen LogP contribution in [0.5, 0.6) is 0 Å². The van der Waals surface area contributed by atoms with Crippen molar-refractivity contribution in [1.29, 1.82) is 0 Å². The Hall–Kier alpha value is -2.39. The molecule has 2 aromatic carbocycles. The van der Waals surface area contributed by atoms with Crippen LogP contribution >= 0.6 is 0 Å². The Bertz CT molecular complexity index is 719. The Morgan fingerprint density at radius 3 is 2.48 bits per heavy atom. The van der Waals surface area contributed by atoms with Gasteiger partial charge in [0.15, 0.2) is 0 Å². The molecular formula is C18H18N2O. The van der Waals surface area contributed by atoms with E-state index in [2.05, 4.69) is 17.2 Å². The van der Waals surface area contributed by atoms with Crippen molar-refractivity contribution in [1.82, 2.24) is 9.78 Å². The first-order chi connectivity index (χ1) is 10.3. The smallest absolute Gasteiger partial charge is 0.0808 e. The van der Waals surface area contributed by atoms with Gasteiger partial charge in [0.2, 0.25) is 0 Å². The quantitative estimate of drug-likeness (QED) is 0.783. The molecule has 1 aromatic heterocycles. The van der Waals surface area contributed by atoms with E-state index < -0.39 is 6.10 Å². The van der Waals surface area contributed by atoms with E-state index in [1.165, 1.54) is 0 Å². The summed E-state index contributed by atoms with van der Waals surface area (Å²) in [6.45, 7) is 1.97. The van der Waals surface area contributed by atoms with Crippen LogP contribution in [0.1, 0.15) is 25.0 Å². The monoisotopic (exact) mass is 278 g/mol. The zero-order valence-corrected chi connectivity index (χ0v) is 12.0. The van der Waals surface area contributed by atoms with Gasteiger partial charge in [-0.05, 0) is 18.1 Å². The lowest BCUT2D eigenvalue weighted by atomic mass is 10.1. The molecule has 3 rings (SSSR count). The Balaban J connectivity index is 2.01. The van der Waals surface area contributed by atoms with Crippen molar-refractivity contribution in [3.63, 3.8) is 0 Å². The molecule has 1 N–H and O–H groups in total. The zero-order chi connectivity index (χ0) is 14.7. The SMILES string of the molecule is CC[C@H](O)c1ccccc1-n1cc(-c2ccccc2)cn1. The van der Waals surface area contributed by atoms with Gasteiger partial charge in [-0.25, -0.2) is 4.68 Å².